The molecule has 2 aromatic rings. The molecule has 1 aromatic heterocycles. The van der Waals surface area contributed by atoms with Gasteiger partial charge in [-0.1, -0.05) is 18.2 Å². The van der Waals surface area contributed by atoms with E-state index in [4.69, 9.17) is 0 Å². The highest BCUT2D eigenvalue weighted by atomic mass is 32.2. The average Bonchev–Trinajstić information content (AvgIpc) is 3.04. The van der Waals surface area contributed by atoms with Gasteiger partial charge in [0, 0.05) is 35.6 Å². The molecular formula is C21H31N3O3S. The summed E-state index contributed by atoms with van der Waals surface area (Å²) in [5, 5.41) is 4.25. The predicted molar refractivity (Wildman–Crippen MR) is 113 cm³/mol. The van der Waals surface area contributed by atoms with Crippen molar-refractivity contribution in [2.75, 3.05) is 6.54 Å². The number of amides is 1. The monoisotopic (exact) mass is 405 g/mol. The lowest BCUT2D eigenvalue weighted by molar-refractivity contribution is -0.125. The molecule has 0 saturated heterocycles. The minimum absolute atomic E-state index is 0.0293. The fraction of sp³-hybridized carbons (Fsp3) is 0.571. The molecule has 7 heteroatoms. The van der Waals surface area contributed by atoms with Crippen LogP contribution in [0.5, 0.6) is 0 Å². The first-order chi connectivity index (χ1) is 13.2. The topological polar surface area (TPSA) is 91.1 Å². The van der Waals surface area contributed by atoms with Crippen LogP contribution in [0, 0.1) is 5.92 Å². The number of nitrogens with one attached hydrogen (secondary N) is 3. The summed E-state index contributed by atoms with van der Waals surface area (Å²) in [6.45, 7) is 5.70. The van der Waals surface area contributed by atoms with Crippen molar-refractivity contribution in [3.63, 3.8) is 0 Å². The number of carbonyl (C=O) groups is 1. The molecule has 0 spiro atoms. The summed E-state index contributed by atoms with van der Waals surface area (Å²) >= 11 is 0. The Bertz CT molecular complexity index is 920. The molecule has 1 saturated carbocycles. The molecule has 0 radical (unpaired) electrons. The molecule has 0 bridgehead atoms. The van der Waals surface area contributed by atoms with E-state index in [1.807, 2.05) is 24.4 Å². The number of para-hydroxylation sites is 1. The summed E-state index contributed by atoms with van der Waals surface area (Å²) in [6.07, 6.45) is 5.64. The Kier molecular flexibility index (Phi) is 6.15. The zero-order valence-electron chi connectivity index (χ0n) is 16.9. The number of benzene rings is 1. The first-order valence-corrected chi connectivity index (χ1v) is 11.5. The Morgan fingerprint density at radius 3 is 2.50 bits per heavy atom. The molecule has 28 heavy (non-hydrogen) atoms. The second-order valence-electron chi connectivity index (χ2n) is 8.68. The Balaban J connectivity index is 1.44. The summed E-state index contributed by atoms with van der Waals surface area (Å²) in [5.74, 6) is 0.0512. The van der Waals surface area contributed by atoms with Gasteiger partial charge in [0.1, 0.15) is 0 Å². The number of H-pyrrole nitrogens is 1. The molecule has 1 amide bonds. The minimum Gasteiger partial charge on any atom is -0.361 e. The van der Waals surface area contributed by atoms with Gasteiger partial charge in [0.15, 0.2) is 0 Å². The Morgan fingerprint density at radius 1 is 1.14 bits per heavy atom. The maximum atomic E-state index is 12.5. The van der Waals surface area contributed by atoms with Gasteiger partial charge >= 0.3 is 0 Å². The van der Waals surface area contributed by atoms with Gasteiger partial charge in [0.2, 0.25) is 15.9 Å². The normalized spacial score (nSPS) is 21.0. The fourth-order valence-corrected chi connectivity index (χ4v) is 4.70. The van der Waals surface area contributed by atoms with Crippen LogP contribution >= 0.6 is 0 Å². The van der Waals surface area contributed by atoms with E-state index in [0.29, 0.717) is 19.4 Å². The highest BCUT2D eigenvalue weighted by Gasteiger charge is 2.33. The number of sulfonamides is 1. The Hall–Kier alpha value is -1.86. The molecule has 0 atom stereocenters. The van der Waals surface area contributed by atoms with Gasteiger partial charge in [0.25, 0.3) is 0 Å². The van der Waals surface area contributed by atoms with E-state index in [2.05, 4.69) is 21.1 Å². The van der Waals surface area contributed by atoms with E-state index >= 15 is 0 Å². The maximum absolute atomic E-state index is 12.5. The zero-order chi connectivity index (χ0) is 20.4. The predicted octanol–water partition coefficient (Wildman–Crippen LogP) is 3.10. The van der Waals surface area contributed by atoms with E-state index in [-0.39, 0.29) is 17.9 Å². The molecule has 154 valence electrons. The van der Waals surface area contributed by atoms with Gasteiger partial charge in [-0.2, -0.15) is 0 Å². The smallest absolute Gasteiger partial charge is 0.223 e. The number of aromatic amines is 1. The molecule has 3 rings (SSSR count). The third kappa shape index (κ3) is 4.75. The van der Waals surface area contributed by atoms with Gasteiger partial charge in [-0.25, -0.2) is 13.1 Å². The summed E-state index contributed by atoms with van der Waals surface area (Å²) < 4.78 is 26.6. The molecule has 3 N–H and O–H groups in total. The minimum atomic E-state index is -3.35. The quantitative estimate of drug-likeness (QED) is 0.690. The van der Waals surface area contributed by atoms with Crippen LogP contribution < -0.4 is 10.0 Å². The SMILES string of the molecule is CC(C)(C)S(=O)(=O)NC1CCC(C(=O)NCCc2c[nH]c3ccccc23)CC1. The van der Waals surface area contributed by atoms with Crippen molar-refractivity contribution in [1.29, 1.82) is 0 Å². The Morgan fingerprint density at radius 2 is 1.82 bits per heavy atom. The Labute approximate surface area is 167 Å². The number of rotatable bonds is 6. The van der Waals surface area contributed by atoms with Crippen molar-refractivity contribution >= 4 is 26.8 Å². The van der Waals surface area contributed by atoms with Gasteiger partial charge in [-0.3, -0.25) is 4.79 Å². The van der Waals surface area contributed by atoms with E-state index in [1.165, 1.54) is 10.9 Å². The van der Waals surface area contributed by atoms with Crippen LogP contribution in [0.1, 0.15) is 52.0 Å². The summed E-state index contributed by atoms with van der Waals surface area (Å²) in [7, 11) is -3.35. The van der Waals surface area contributed by atoms with Crippen molar-refractivity contribution in [2.24, 2.45) is 5.92 Å². The lowest BCUT2D eigenvalue weighted by atomic mass is 9.86. The van der Waals surface area contributed by atoms with Gasteiger partial charge < -0.3 is 10.3 Å². The third-order valence-corrected chi connectivity index (χ3v) is 7.85. The zero-order valence-corrected chi connectivity index (χ0v) is 17.7. The van der Waals surface area contributed by atoms with Crippen LogP contribution in [0.4, 0.5) is 0 Å². The second kappa shape index (κ2) is 8.25. The molecule has 1 aliphatic carbocycles. The van der Waals surface area contributed by atoms with Crippen LogP contribution in [0.25, 0.3) is 10.9 Å². The number of hydrogen-bond donors (Lipinski definition) is 3. The molecule has 0 aliphatic heterocycles. The molecule has 1 heterocycles. The summed E-state index contributed by atoms with van der Waals surface area (Å²) in [5.41, 5.74) is 2.32. The number of carbonyl (C=O) groups excluding carboxylic acids is 1. The van der Waals surface area contributed by atoms with E-state index in [9.17, 15) is 13.2 Å². The molecule has 6 nitrogen and oxygen atoms in total. The van der Waals surface area contributed by atoms with Crippen molar-refractivity contribution in [3.05, 3.63) is 36.0 Å². The van der Waals surface area contributed by atoms with E-state index in [0.717, 1.165) is 24.8 Å². The van der Waals surface area contributed by atoms with Gasteiger partial charge in [0.05, 0.1) is 4.75 Å². The van der Waals surface area contributed by atoms with E-state index < -0.39 is 14.8 Å². The maximum Gasteiger partial charge on any atom is 0.223 e. The van der Waals surface area contributed by atoms with Crippen molar-refractivity contribution in [2.45, 2.75) is 63.7 Å². The van der Waals surface area contributed by atoms with Crippen LogP contribution in [0.3, 0.4) is 0 Å². The van der Waals surface area contributed by atoms with E-state index in [1.54, 1.807) is 20.8 Å². The molecular weight excluding hydrogens is 374 g/mol. The molecule has 1 fully saturated rings. The molecule has 1 aliphatic rings. The number of hydrogen-bond acceptors (Lipinski definition) is 3. The highest BCUT2D eigenvalue weighted by molar-refractivity contribution is 7.90. The van der Waals surface area contributed by atoms with Crippen molar-refractivity contribution in [3.8, 4) is 0 Å². The first kappa shape index (κ1) is 20.9. The lowest BCUT2D eigenvalue weighted by Gasteiger charge is -2.30. The highest BCUT2D eigenvalue weighted by Crippen LogP contribution is 2.26. The largest absolute Gasteiger partial charge is 0.361 e. The van der Waals surface area contributed by atoms with Crippen LogP contribution in [-0.2, 0) is 21.2 Å². The second-order valence-corrected chi connectivity index (χ2v) is 11.2. The van der Waals surface area contributed by atoms with Crippen LogP contribution in [0.2, 0.25) is 0 Å². The first-order valence-electron chi connectivity index (χ1n) is 10.0. The molecule has 0 unspecified atom stereocenters. The fourth-order valence-electron chi connectivity index (χ4n) is 3.67. The molecule has 1 aromatic carbocycles. The summed E-state index contributed by atoms with van der Waals surface area (Å²) in [4.78, 5) is 15.7. The van der Waals surface area contributed by atoms with Gasteiger partial charge in [-0.05, 0) is 64.5 Å². The third-order valence-electron chi connectivity index (χ3n) is 5.59. The number of aromatic nitrogens is 1. The number of fused-ring (bicyclic) bond motifs is 1. The van der Waals surface area contributed by atoms with Crippen molar-refractivity contribution in [1.82, 2.24) is 15.0 Å². The standard InChI is InChI=1S/C21H31N3O3S/c1-21(2,3)28(26,27)24-17-10-8-15(9-11-17)20(25)22-13-12-16-14-23-19-7-5-4-6-18(16)19/h4-7,14-15,17,23-24H,8-13H2,1-3H3,(H,22,25). The van der Waals surface area contributed by atoms with Gasteiger partial charge in [-0.15, -0.1) is 0 Å². The summed E-state index contributed by atoms with van der Waals surface area (Å²) in [6, 6.07) is 8.08. The van der Waals surface area contributed by atoms with Crippen LogP contribution in [0.15, 0.2) is 30.5 Å². The van der Waals surface area contributed by atoms with Crippen LogP contribution in [-0.4, -0.2) is 36.6 Å². The van der Waals surface area contributed by atoms with Crippen molar-refractivity contribution < 1.29 is 13.2 Å². The average molecular weight is 406 g/mol. The lowest BCUT2D eigenvalue weighted by Crippen LogP contribution is -2.46.